The zero-order chi connectivity index (χ0) is 12.9. The van der Waals surface area contributed by atoms with Crippen LogP contribution in [0.4, 0.5) is 0 Å². The first-order valence-corrected chi connectivity index (χ1v) is 8.16. The van der Waals surface area contributed by atoms with Gasteiger partial charge in [0.25, 0.3) is 0 Å². The molecule has 16 heavy (non-hydrogen) atoms. The van der Waals surface area contributed by atoms with Crippen molar-refractivity contribution in [3.05, 3.63) is 0 Å². The Bertz CT molecular complexity index is 358. The largest absolute Gasteiger partial charge is 0.481 e. The minimum Gasteiger partial charge on any atom is -0.481 e. The molecule has 0 aliphatic carbocycles. The number of carboxylic acids is 1. The Morgan fingerprint density at radius 3 is 2.19 bits per heavy atom. The van der Waals surface area contributed by atoms with Crippen LogP contribution in [0.15, 0.2) is 0 Å². The number of hydrogen-bond donors (Lipinski definition) is 1. The van der Waals surface area contributed by atoms with Crippen molar-refractivity contribution in [2.45, 2.75) is 26.0 Å². The predicted molar refractivity (Wildman–Crippen MR) is 63.6 cm³/mol. The predicted octanol–water partition coefficient (Wildman–Crippen LogP) is 0.279. The first-order valence-electron chi connectivity index (χ1n) is 4.96. The smallest absolute Gasteiger partial charge is 0.307 e. The summed E-state index contributed by atoms with van der Waals surface area (Å²) in [7, 11) is -4.58. The zero-order valence-electron chi connectivity index (χ0n) is 9.67. The molecular formula is C9H18O5S2. The second-order valence-corrected chi connectivity index (χ2v) is 8.26. The lowest BCUT2D eigenvalue weighted by molar-refractivity contribution is -0.140. The van der Waals surface area contributed by atoms with E-state index in [4.69, 9.17) is 5.11 Å². The zero-order valence-corrected chi connectivity index (χ0v) is 11.3. The van der Waals surface area contributed by atoms with Crippen molar-refractivity contribution < 1.29 is 22.5 Å². The van der Waals surface area contributed by atoms with E-state index >= 15 is 0 Å². The molecular weight excluding hydrogens is 252 g/mol. The summed E-state index contributed by atoms with van der Waals surface area (Å²) in [5.41, 5.74) is 0. The highest BCUT2D eigenvalue weighted by atomic mass is 32.2. The van der Waals surface area contributed by atoms with E-state index in [9.17, 15) is 17.4 Å². The van der Waals surface area contributed by atoms with Gasteiger partial charge in [-0.2, -0.15) is 0 Å². The van der Waals surface area contributed by atoms with Crippen molar-refractivity contribution >= 4 is 26.6 Å². The van der Waals surface area contributed by atoms with Crippen LogP contribution in [0.1, 0.15) is 20.8 Å². The molecule has 0 bridgehead atoms. The van der Waals surface area contributed by atoms with E-state index in [-0.39, 0.29) is 17.3 Å². The van der Waals surface area contributed by atoms with Crippen LogP contribution in [-0.4, -0.2) is 46.2 Å². The maximum absolute atomic E-state index is 11.4. The van der Waals surface area contributed by atoms with Gasteiger partial charge in [-0.3, -0.25) is 9.00 Å². The standard InChI is InChI=1S/C9H18O5S2/c1-7(2)16(13,14)5-4-15(12)6-8(3)9(10)11/h7-8H,4-6H2,1-3H3,(H,10,11). The Morgan fingerprint density at radius 2 is 1.81 bits per heavy atom. The molecule has 0 rings (SSSR count). The molecule has 0 heterocycles. The van der Waals surface area contributed by atoms with Crippen molar-refractivity contribution in [2.75, 3.05) is 17.3 Å². The summed E-state index contributed by atoms with van der Waals surface area (Å²) in [6, 6.07) is 0. The normalized spacial score (nSPS) is 16.0. The number of sulfone groups is 1. The van der Waals surface area contributed by atoms with E-state index in [1.54, 1.807) is 13.8 Å². The van der Waals surface area contributed by atoms with E-state index in [1.807, 2.05) is 0 Å². The molecule has 2 unspecified atom stereocenters. The average molecular weight is 270 g/mol. The minimum absolute atomic E-state index is 0.00293. The van der Waals surface area contributed by atoms with Crippen LogP contribution in [0.2, 0.25) is 0 Å². The van der Waals surface area contributed by atoms with E-state index in [1.165, 1.54) is 6.92 Å². The molecule has 0 aromatic rings. The number of carbonyl (C=O) groups is 1. The highest BCUT2D eigenvalue weighted by molar-refractivity contribution is 7.93. The van der Waals surface area contributed by atoms with E-state index in [2.05, 4.69) is 0 Å². The second-order valence-electron chi connectivity index (χ2n) is 3.97. The Kier molecular flexibility index (Phi) is 6.17. The summed E-state index contributed by atoms with van der Waals surface area (Å²) in [6.07, 6.45) is 0. The van der Waals surface area contributed by atoms with Crippen LogP contribution in [-0.2, 0) is 25.4 Å². The molecule has 0 spiro atoms. The first kappa shape index (κ1) is 15.6. The Morgan fingerprint density at radius 1 is 1.31 bits per heavy atom. The highest BCUT2D eigenvalue weighted by Crippen LogP contribution is 2.04. The summed E-state index contributed by atoms with van der Waals surface area (Å²) in [6.45, 7) is 4.59. The molecule has 0 fully saturated rings. The maximum Gasteiger partial charge on any atom is 0.307 e. The summed E-state index contributed by atoms with van der Waals surface area (Å²) in [5, 5.41) is 8.11. The molecule has 0 amide bonds. The van der Waals surface area contributed by atoms with Gasteiger partial charge in [-0.15, -0.1) is 0 Å². The maximum atomic E-state index is 11.4. The molecule has 0 aromatic carbocycles. The van der Waals surface area contributed by atoms with Crippen molar-refractivity contribution in [2.24, 2.45) is 5.92 Å². The van der Waals surface area contributed by atoms with Gasteiger partial charge in [0.1, 0.15) is 0 Å². The van der Waals surface area contributed by atoms with Gasteiger partial charge in [-0.1, -0.05) is 6.92 Å². The molecule has 0 aliphatic rings. The van der Waals surface area contributed by atoms with E-state index < -0.39 is 37.8 Å². The summed E-state index contributed by atoms with van der Waals surface area (Å²) in [5.74, 6) is -1.85. The second kappa shape index (κ2) is 6.34. The quantitative estimate of drug-likeness (QED) is 0.717. The number of aliphatic carboxylic acids is 1. The third-order valence-corrected chi connectivity index (χ3v) is 6.17. The van der Waals surface area contributed by atoms with Crippen LogP contribution in [0, 0.1) is 5.92 Å². The van der Waals surface area contributed by atoms with Gasteiger partial charge in [0.2, 0.25) is 0 Å². The van der Waals surface area contributed by atoms with Gasteiger partial charge in [0, 0.05) is 22.3 Å². The minimum atomic E-state index is -3.19. The van der Waals surface area contributed by atoms with Crippen molar-refractivity contribution in [3.8, 4) is 0 Å². The first-order chi connectivity index (χ1) is 7.16. The molecule has 5 nitrogen and oxygen atoms in total. The van der Waals surface area contributed by atoms with Gasteiger partial charge in [0.15, 0.2) is 9.84 Å². The van der Waals surface area contributed by atoms with Crippen LogP contribution < -0.4 is 0 Å². The summed E-state index contributed by atoms with van der Waals surface area (Å²) >= 11 is 0. The average Bonchev–Trinajstić information content (AvgIpc) is 2.14. The molecule has 2 atom stereocenters. The van der Waals surface area contributed by atoms with Gasteiger partial charge < -0.3 is 5.11 Å². The molecule has 1 N–H and O–H groups in total. The fourth-order valence-electron chi connectivity index (χ4n) is 0.878. The molecule has 0 saturated carbocycles. The summed E-state index contributed by atoms with van der Waals surface area (Å²) in [4.78, 5) is 10.5. The lowest BCUT2D eigenvalue weighted by Gasteiger charge is -2.08. The van der Waals surface area contributed by atoms with E-state index in [0.717, 1.165) is 0 Å². The lowest BCUT2D eigenvalue weighted by Crippen LogP contribution is -2.25. The summed E-state index contributed by atoms with van der Waals surface area (Å²) < 4.78 is 34.2. The molecule has 0 aliphatic heterocycles. The number of rotatable bonds is 7. The topological polar surface area (TPSA) is 88.5 Å². The van der Waals surface area contributed by atoms with Crippen LogP contribution in [0.5, 0.6) is 0 Å². The SMILES string of the molecule is CC(CS(=O)CCS(=O)(=O)C(C)C)C(=O)O. The monoisotopic (exact) mass is 270 g/mol. The van der Waals surface area contributed by atoms with Crippen molar-refractivity contribution in [1.82, 2.24) is 0 Å². The molecule has 0 saturated heterocycles. The number of carboxylic acid groups (broad SMARTS) is 1. The molecule has 0 radical (unpaired) electrons. The third kappa shape index (κ3) is 5.60. The fourth-order valence-corrected chi connectivity index (χ4v) is 3.89. The van der Waals surface area contributed by atoms with Crippen LogP contribution in [0.3, 0.4) is 0 Å². The van der Waals surface area contributed by atoms with Crippen molar-refractivity contribution in [3.63, 3.8) is 0 Å². The molecule has 7 heteroatoms. The highest BCUT2D eigenvalue weighted by Gasteiger charge is 2.19. The van der Waals surface area contributed by atoms with Crippen LogP contribution in [0.25, 0.3) is 0 Å². The Labute approximate surface area is 98.6 Å². The van der Waals surface area contributed by atoms with E-state index in [0.29, 0.717) is 0 Å². The van der Waals surface area contributed by atoms with Gasteiger partial charge >= 0.3 is 5.97 Å². The number of hydrogen-bond acceptors (Lipinski definition) is 4. The van der Waals surface area contributed by atoms with Gasteiger partial charge in [-0.25, -0.2) is 8.42 Å². The van der Waals surface area contributed by atoms with Gasteiger partial charge in [0.05, 0.1) is 16.9 Å². The lowest BCUT2D eigenvalue weighted by atomic mass is 10.2. The van der Waals surface area contributed by atoms with Crippen molar-refractivity contribution in [1.29, 1.82) is 0 Å². The molecule has 96 valence electrons. The third-order valence-electron chi connectivity index (χ3n) is 2.17. The Hall–Kier alpha value is -0.430. The molecule has 0 aromatic heterocycles. The van der Waals surface area contributed by atoms with Gasteiger partial charge in [-0.05, 0) is 13.8 Å². The Balaban J connectivity index is 4.15. The van der Waals surface area contributed by atoms with Crippen LogP contribution >= 0.6 is 0 Å². The fraction of sp³-hybridized carbons (Fsp3) is 0.889.